The van der Waals surface area contributed by atoms with Gasteiger partial charge in [-0.05, 0) is 100 Å². The third-order valence-electron chi connectivity index (χ3n) is 12.3. The normalized spacial score (nSPS) is 17.5. The van der Waals surface area contributed by atoms with Crippen LogP contribution < -0.4 is 5.73 Å². The lowest BCUT2D eigenvalue weighted by Gasteiger charge is -2.31. The summed E-state index contributed by atoms with van der Waals surface area (Å²) >= 11 is 0. The highest BCUT2D eigenvalue weighted by Gasteiger charge is 2.52. The summed E-state index contributed by atoms with van der Waals surface area (Å²) in [5.74, 6) is 2.51. The van der Waals surface area contributed by atoms with E-state index in [-0.39, 0.29) is 0 Å². The molecule has 0 saturated heterocycles. The van der Waals surface area contributed by atoms with Crippen LogP contribution in [0, 0.1) is 12.8 Å². The molecule has 5 nitrogen and oxygen atoms in total. The number of hydrogen-bond donors (Lipinski definition) is 1. The van der Waals surface area contributed by atoms with E-state index >= 15 is 0 Å². The molecule has 3 aliphatic carbocycles. The molecule has 0 bridgehead atoms. The van der Waals surface area contributed by atoms with Gasteiger partial charge in [0.15, 0.2) is 17.5 Å². The van der Waals surface area contributed by atoms with Crippen LogP contribution in [0.3, 0.4) is 0 Å². The highest BCUT2D eigenvalue weighted by Crippen LogP contribution is 2.63. The summed E-state index contributed by atoms with van der Waals surface area (Å²) in [6.45, 7) is 4.42. The zero-order chi connectivity index (χ0) is 38.3. The Morgan fingerprint density at radius 2 is 1.25 bits per heavy atom. The minimum absolute atomic E-state index is 0.487. The van der Waals surface area contributed by atoms with Crippen LogP contribution in [0.15, 0.2) is 164 Å². The molecule has 2 atom stereocenters. The monoisotopic (exact) mass is 733 g/mol. The number of hydrogen-bond acceptors (Lipinski definition) is 4. The van der Waals surface area contributed by atoms with Gasteiger partial charge in [-0.2, -0.15) is 0 Å². The van der Waals surface area contributed by atoms with Crippen LogP contribution >= 0.6 is 0 Å². The lowest BCUT2D eigenvalue weighted by molar-refractivity contribution is 0.738. The van der Waals surface area contributed by atoms with Crippen LogP contribution in [0.25, 0.3) is 73.3 Å². The Morgan fingerprint density at radius 1 is 0.632 bits per heavy atom. The Kier molecular flexibility index (Phi) is 7.42. The minimum Gasteiger partial charge on any atom is -0.405 e. The van der Waals surface area contributed by atoms with E-state index in [4.69, 9.17) is 20.7 Å². The molecule has 2 unspecified atom stereocenters. The average molecular weight is 734 g/mol. The Bertz CT molecular complexity index is 3020. The first-order valence-corrected chi connectivity index (χ1v) is 19.7. The van der Waals surface area contributed by atoms with Crippen LogP contribution in [-0.4, -0.2) is 19.5 Å². The molecular formula is C52H39N5. The van der Waals surface area contributed by atoms with Gasteiger partial charge < -0.3 is 10.3 Å². The van der Waals surface area contributed by atoms with Crippen LogP contribution in [0.1, 0.15) is 52.7 Å². The topological polar surface area (TPSA) is 69.6 Å². The second kappa shape index (κ2) is 12.7. The van der Waals surface area contributed by atoms with Crippen LogP contribution in [0.2, 0.25) is 0 Å². The van der Waals surface area contributed by atoms with E-state index in [0.29, 0.717) is 23.4 Å². The van der Waals surface area contributed by atoms with Gasteiger partial charge >= 0.3 is 0 Å². The molecule has 2 heterocycles. The fourth-order valence-electron chi connectivity index (χ4n) is 9.68. The number of aromatic nitrogens is 4. The van der Waals surface area contributed by atoms with E-state index in [2.05, 4.69) is 158 Å². The van der Waals surface area contributed by atoms with Crippen molar-refractivity contribution in [1.29, 1.82) is 0 Å². The number of para-hydroxylation sites is 1. The zero-order valence-corrected chi connectivity index (χ0v) is 31.8. The van der Waals surface area contributed by atoms with Gasteiger partial charge in [0.25, 0.3) is 0 Å². The van der Waals surface area contributed by atoms with Crippen molar-refractivity contribution in [3.8, 4) is 50.7 Å². The van der Waals surface area contributed by atoms with E-state index in [0.717, 1.165) is 45.6 Å². The molecule has 2 N–H and O–H groups in total. The van der Waals surface area contributed by atoms with E-state index in [1.54, 1.807) is 6.20 Å². The standard InChI is InChI=1S/C52H39N5/c1-32-20-22-35(23-21-32)50-54-49(34-12-4-3-5-13-34)55-51(56-50)36-24-26-41-39-14-6-9-17-44(39)52(46(41)30-36)45-18-10-7-15-40(45)42-27-25-37(31-47(42)52)57-33(2)38(28-29-53)43-16-8-11-19-48(43)57/h3-20,22-32H,21,53H2,1-2H3/b29-28-. The molecule has 0 amide bonds. The summed E-state index contributed by atoms with van der Waals surface area (Å²) in [6, 6.07) is 50.6. The maximum atomic E-state index is 6.00. The van der Waals surface area contributed by atoms with Gasteiger partial charge in [0, 0.05) is 39.0 Å². The molecule has 1 spiro atoms. The maximum Gasteiger partial charge on any atom is 0.164 e. The van der Waals surface area contributed by atoms with Crippen LogP contribution in [0.4, 0.5) is 0 Å². The molecule has 272 valence electrons. The number of allylic oxidation sites excluding steroid dienone is 4. The quantitative estimate of drug-likeness (QED) is 0.191. The molecule has 0 radical (unpaired) electrons. The number of benzene rings is 6. The predicted octanol–water partition coefficient (Wildman–Crippen LogP) is 11.7. The van der Waals surface area contributed by atoms with E-state index < -0.39 is 5.41 Å². The number of nitrogens with two attached hydrogens (primary N) is 1. The van der Waals surface area contributed by atoms with Gasteiger partial charge in [-0.1, -0.05) is 140 Å². The smallest absolute Gasteiger partial charge is 0.164 e. The fraction of sp³-hybridized carbons (Fsp3) is 0.0962. The molecule has 0 aliphatic heterocycles. The summed E-state index contributed by atoms with van der Waals surface area (Å²) in [6.07, 6.45) is 11.3. The van der Waals surface area contributed by atoms with Gasteiger partial charge in [0.1, 0.15) is 0 Å². The number of nitrogens with zero attached hydrogens (tertiary/aromatic N) is 4. The first kappa shape index (κ1) is 33.2. The van der Waals surface area contributed by atoms with Gasteiger partial charge in [0.2, 0.25) is 0 Å². The third kappa shape index (κ3) is 4.85. The Morgan fingerprint density at radius 3 is 1.96 bits per heavy atom. The summed E-state index contributed by atoms with van der Waals surface area (Å²) in [5, 5.41) is 1.18. The lowest BCUT2D eigenvalue weighted by atomic mass is 9.70. The van der Waals surface area contributed by atoms with Gasteiger partial charge in [0.05, 0.1) is 10.9 Å². The van der Waals surface area contributed by atoms with Crippen molar-refractivity contribution >= 4 is 22.6 Å². The molecule has 5 heteroatoms. The molecule has 2 aromatic heterocycles. The van der Waals surface area contributed by atoms with Crippen molar-refractivity contribution in [2.75, 3.05) is 0 Å². The largest absolute Gasteiger partial charge is 0.405 e. The molecule has 0 saturated carbocycles. The van der Waals surface area contributed by atoms with Gasteiger partial charge in [-0.25, -0.2) is 15.0 Å². The summed E-state index contributed by atoms with van der Waals surface area (Å²) in [5.41, 5.74) is 23.0. The molecule has 8 aromatic rings. The third-order valence-corrected chi connectivity index (χ3v) is 12.3. The molecule has 57 heavy (non-hydrogen) atoms. The summed E-state index contributed by atoms with van der Waals surface area (Å²) in [4.78, 5) is 15.4. The minimum atomic E-state index is -0.566. The Labute approximate surface area is 332 Å². The maximum absolute atomic E-state index is 6.00. The summed E-state index contributed by atoms with van der Waals surface area (Å²) in [7, 11) is 0. The van der Waals surface area contributed by atoms with Crippen molar-refractivity contribution in [3.05, 3.63) is 203 Å². The SMILES string of the molecule is Cc1c(/C=C\N)c2ccccc2n1-c1ccc2c(c1)C1(c3ccccc3-c3ccc(-c4nc(C5=CCC(C)C=C5)nc(-c5ccccc5)n4)cc31)c1ccccc1-2. The lowest BCUT2D eigenvalue weighted by Crippen LogP contribution is -2.26. The first-order chi connectivity index (χ1) is 28.0. The van der Waals surface area contributed by atoms with Gasteiger partial charge in [-0.3, -0.25) is 0 Å². The second-order valence-corrected chi connectivity index (χ2v) is 15.4. The van der Waals surface area contributed by atoms with Gasteiger partial charge in [-0.15, -0.1) is 0 Å². The Balaban J connectivity index is 1.17. The number of rotatable bonds is 5. The van der Waals surface area contributed by atoms with Crippen molar-refractivity contribution < 1.29 is 0 Å². The molecule has 11 rings (SSSR count). The van der Waals surface area contributed by atoms with E-state index in [9.17, 15) is 0 Å². The zero-order valence-electron chi connectivity index (χ0n) is 31.8. The van der Waals surface area contributed by atoms with Crippen molar-refractivity contribution in [2.24, 2.45) is 11.7 Å². The molecule has 3 aliphatic rings. The Hall–Kier alpha value is -7.11. The average Bonchev–Trinajstić information content (AvgIpc) is 3.84. The predicted molar refractivity (Wildman–Crippen MR) is 233 cm³/mol. The fourth-order valence-corrected chi connectivity index (χ4v) is 9.68. The molecular weight excluding hydrogens is 695 g/mol. The van der Waals surface area contributed by atoms with Crippen LogP contribution in [-0.2, 0) is 5.41 Å². The van der Waals surface area contributed by atoms with Crippen molar-refractivity contribution in [3.63, 3.8) is 0 Å². The first-order valence-electron chi connectivity index (χ1n) is 19.7. The van der Waals surface area contributed by atoms with E-state index in [1.165, 1.54) is 49.9 Å². The van der Waals surface area contributed by atoms with Crippen molar-refractivity contribution in [2.45, 2.75) is 25.7 Å². The molecule has 0 fully saturated rings. The van der Waals surface area contributed by atoms with E-state index in [1.807, 2.05) is 24.3 Å². The molecule has 6 aromatic carbocycles. The highest BCUT2D eigenvalue weighted by molar-refractivity contribution is 5.97. The summed E-state index contributed by atoms with van der Waals surface area (Å²) < 4.78 is 2.38. The number of fused-ring (bicyclic) bond motifs is 11. The highest BCUT2D eigenvalue weighted by atomic mass is 15.0. The van der Waals surface area contributed by atoms with Crippen molar-refractivity contribution in [1.82, 2.24) is 19.5 Å². The second-order valence-electron chi connectivity index (χ2n) is 15.4. The van der Waals surface area contributed by atoms with Crippen LogP contribution in [0.5, 0.6) is 0 Å².